The summed E-state index contributed by atoms with van der Waals surface area (Å²) in [6.45, 7) is 1.62. The van der Waals surface area contributed by atoms with Gasteiger partial charge in [0.25, 0.3) is 0 Å². The summed E-state index contributed by atoms with van der Waals surface area (Å²) in [5.74, 6) is -1.21. The van der Waals surface area contributed by atoms with Crippen LogP contribution in [0.2, 0.25) is 0 Å². The molecule has 9 heteroatoms. The zero-order chi connectivity index (χ0) is 19.8. The summed E-state index contributed by atoms with van der Waals surface area (Å²) in [6.07, 6.45) is 5.88. The Morgan fingerprint density at radius 2 is 1.38 bits per heavy atom. The van der Waals surface area contributed by atoms with Crippen molar-refractivity contribution >= 4 is 17.8 Å². The molecule has 0 rings (SSSR count). The van der Waals surface area contributed by atoms with E-state index in [1.165, 1.54) is 0 Å². The Bertz CT molecular complexity index is 420. The van der Waals surface area contributed by atoms with Gasteiger partial charge in [0.2, 0.25) is 11.8 Å². The number of hydrogen-bond acceptors (Lipinski definition) is 6. The normalized spacial score (nSPS) is 13.0. The fourth-order valence-corrected chi connectivity index (χ4v) is 2.32. The molecule has 0 bridgehead atoms. The third-order valence-electron chi connectivity index (χ3n) is 4.02. The second-order valence-electron chi connectivity index (χ2n) is 6.43. The number of aliphatic carboxylic acids is 1. The van der Waals surface area contributed by atoms with Gasteiger partial charge < -0.3 is 32.9 Å². The molecule has 2 atom stereocenters. The third-order valence-corrected chi connectivity index (χ3v) is 4.02. The number of carboxylic acids is 1. The Morgan fingerprint density at radius 3 is 2.04 bits per heavy atom. The molecule has 9 nitrogen and oxygen atoms in total. The molecule has 0 saturated carbocycles. The maximum Gasteiger partial charge on any atom is 0.320 e. The monoisotopic (exact) mass is 373 g/mol. The van der Waals surface area contributed by atoms with Crippen molar-refractivity contribution in [3.05, 3.63) is 0 Å². The van der Waals surface area contributed by atoms with Crippen LogP contribution in [0, 0.1) is 0 Å². The maximum atomic E-state index is 11.7. The first-order chi connectivity index (χ1) is 12.4. The van der Waals surface area contributed by atoms with Crippen molar-refractivity contribution in [3.8, 4) is 0 Å². The third kappa shape index (κ3) is 13.6. The highest BCUT2D eigenvalue weighted by molar-refractivity contribution is 5.81. The fraction of sp³-hybridized carbons (Fsp3) is 0.824. The quantitative estimate of drug-likeness (QED) is 0.196. The van der Waals surface area contributed by atoms with Crippen LogP contribution in [0.1, 0.15) is 57.8 Å². The second-order valence-corrected chi connectivity index (χ2v) is 6.43. The van der Waals surface area contributed by atoms with Crippen LogP contribution in [-0.4, -0.2) is 54.6 Å². The minimum absolute atomic E-state index is 0.0441. The fourth-order valence-electron chi connectivity index (χ4n) is 2.32. The van der Waals surface area contributed by atoms with Gasteiger partial charge in [-0.25, -0.2) is 0 Å². The van der Waals surface area contributed by atoms with Crippen LogP contribution in [0.5, 0.6) is 0 Å². The van der Waals surface area contributed by atoms with Gasteiger partial charge in [-0.1, -0.05) is 6.42 Å². The lowest BCUT2D eigenvalue weighted by molar-refractivity contribution is -0.138. The van der Waals surface area contributed by atoms with E-state index in [4.69, 9.17) is 22.3 Å². The van der Waals surface area contributed by atoms with Crippen LogP contribution in [0.25, 0.3) is 0 Å². The molecular formula is C17H35N5O4. The number of rotatable bonds is 16. The van der Waals surface area contributed by atoms with E-state index < -0.39 is 18.1 Å². The van der Waals surface area contributed by atoms with E-state index in [-0.39, 0.29) is 11.8 Å². The number of carboxylic acid groups (broad SMARTS) is 1. The Kier molecular flexibility index (Phi) is 14.5. The van der Waals surface area contributed by atoms with Crippen LogP contribution in [0.4, 0.5) is 0 Å². The standard InChI is InChI=1S/C17H35N5O4/c18-10-4-1-7-13(19)16(24)22-12-6-3-9-15(23)21-11-5-2-8-14(20)17(25)26/h13-14H,1-12,18-20H2,(H,21,23)(H,22,24)(H,25,26)/t13-,14-/m0/s1. The van der Waals surface area contributed by atoms with E-state index in [9.17, 15) is 14.4 Å². The highest BCUT2D eigenvalue weighted by atomic mass is 16.4. The summed E-state index contributed by atoms with van der Waals surface area (Å²) in [5.41, 5.74) is 16.6. The molecule has 0 aromatic carbocycles. The second kappa shape index (κ2) is 15.5. The molecule has 0 aliphatic carbocycles. The summed E-state index contributed by atoms with van der Waals surface area (Å²) < 4.78 is 0. The van der Waals surface area contributed by atoms with Crippen LogP contribution >= 0.6 is 0 Å². The van der Waals surface area contributed by atoms with E-state index in [2.05, 4.69) is 10.6 Å². The molecule has 0 radical (unpaired) electrons. The van der Waals surface area contributed by atoms with Crippen molar-refractivity contribution in [2.75, 3.05) is 19.6 Å². The van der Waals surface area contributed by atoms with Crippen molar-refractivity contribution in [1.82, 2.24) is 10.6 Å². The first-order valence-electron chi connectivity index (χ1n) is 9.37. The van der Waals surface area contributed by atoms with E-state index >= 15 is 0 Å². The van der Waals surface area contributed by atoms with Gasteiger partial charge >= 0.3 is 5.97 Å². The molecular weight excluding hydrogens is 338 g/mol. The van der Waals surface area contributed by atoms with E-state index in [1.54, 1.807) is 0 Å². The van der Waals surface area contributed by atoms with Gasteiger partial charge in [0.05, 0.1) is 6.04 Å². The molecule has 0 saturated heterocycles. The Hall–Kier alpha value is -1.71. The summed E-state index contributed by atoms with van der Waals surface area (Å²) in [6, 6.07) is -1.34. The smallest absolute Gasteiger partial charge is 0.320 e. The summed E-state index contributed by atoms with van der Waals surface area (Å²) >= 11 is 0. The van der Waals surface area contributed by atoms with Gasteiger partial charge in [0, 0.05) is 19.5 Å². The van der Waals surface area contributed by atoms with Gasteiger partial charge in [0.15, 0.2) is 0 Å². The predicted molar refractivity (Wildman–Crippen MR) is 100 cm³/mol. The summed E-state index contributed by atoms with van der Waals surface area (Å²) in [7, 11) is 0. The van der Waals surface area contributed by atoms with E-state index in [1.807, 2.05) is 0 Å². The van der Waals surface area contributed by atoms with Crippen molar-refractivity contribution in [2.24, 2.45) is 17.2 Å². The maximum absolute atomic E-state index is 11.7. The molecule has 9 N–H and O–H groups in total. The van der Waals surface area contributed by atoms with Crippen molar-refractivity contribution < 1.29 is 19.5 Å². The lowest BCUT2D eigenvalue weighted by Gasteiger charge is -2.12. The number of carbonyl (C=O) groups excluding carboxylic acids is 2. The first-order valence-corrected chi connectivity index (χ1v) is 9.37. The first kappa shape index (κ1) is 24.3. The molecule has 2 amide bonds. The van der Waals surface area contributed by atoms with Crippen LogP contribution in [-0.2, 0) is 14.4 Å². The highest BCUT2D eigenvalue weighted by Gasteiger charge is 2.12. The summed E-state index contributed by atoms with van der Waals surface area (Å²) in [4.78, 5) is 33.9. The van der Waals surface area contributed by atoms with Gasteiger partial charge in [-0.15, -0.1) is 0 Å². The minimum Gasteiger partial charge on any atom is -0.480 e. The molecule has 0 unspecified atom stereocenters. The average Bonchev–Trinajstić information content (AvgIpc) is 2.60. The zero-order valence-electron chi connectivity index (χ0n) is 15.5. The topological polar surface area (TPSA) is 174 Å². The van der Waals surface area contributed by atoms with Crippen LogP contribution in [0.3, 0.4) is 0 Å². The molecule has 0 aromatic heterocycles. The van der Waals surface area contributed by atoms with E-state index in [0.29, 0.717) is 64.6 Å². The van der Waals surface area contributed by atoms with Gasteiger partial charge in [-0.3, -0.25) is 14.4 Å². The number of nitrogens with two attached hydrogens (primary N) is 3. The molecule has 0 aromatic rings. The molecule has 0 aliphatic heterocycles. The highest BCUT2D eigenvalue weighted by Crippen LogP contribution is 2.00. The van der Waals surface area contributed by atoms with Gasteiger partial charge in [-0.05, 0) is 51.5 Å². The van der Waals surface area contributed by atoms with Gasteiger partial charge in [0.1, 0.15) is 6.04 Å². The molecule has 0 spiro atoms. The largest absolute Gasteiger partial charge is 0.480 e. The zero-order valence-corrected chi connectivity index (χ0v) is 15.5. The number of carbonyl (C=O) groups is 3. The van der Waals surface area contributed by atoms with Crippen molar-refractivity contribution in [2.45, 2.75) is 69.9 Å². The van der Waals surface area contributed by atoms with Crippen LogP contribution < -0.4 is 27.8 Å². The lowest BCUT2D eigenvalue weighted by atomic mass is 10.1. The molecule has 0 aliphatic rings. The molecule has 0 heterocycles. The predicted octanol–water partition coefficient (Wildman–Crippen LogP) is -0.572. The number of unbranched alkanes of at least 4 members (excludes halogenated alkanes) is 3. The minimum atomic E-state index is -1.00. The SMILES string of the molecule is NCCCC[C@H](N)C(=O)NCCCCC(=O)NCCCC[C@H](N)C(=O)O. The van der Waals surface area contributed by atoms with E-state index in [0.717, 1.165) is 12.8 Å². The number of nitrogens with one attached hydrogen (secondary N) is 2. The molecule has 26 heavy (non-hydrogen) atoms. The van der Waals surface area contributed by atoms with Crippen molar-refractivity contribution in [1.29, 1.82) is 0 Å². The lowest BCUT2D eigenvalue weighted by Crippen LogP contribution is -2.41. The number of hydrogen-bond donors (Lipinski definition) is 6. The molecule has 0 fully saturated rings. The van der Waals surface area contributed by atoms with Crippen molar-refractivity contribution in [3.63, 3.8) is 0 Å². The Morgan fingerprint density at radius 1 is 0.808 bits per heavy atom. The summed E-state index contributed by atoms with van der Waals surface area (Å²) in [5, 5.41) is 14.2. The number of amides is 2. The van der Waals surface area contributed by atoms with Gasteiger partial charge in [-0.2, -0.15) is 0 Å². The molecule has 152 valence electrons. The Labute approximate surface area is 155 Å². The van der Waals surface area contributed by atoms with Crippen LogP contribution in [0.15, 0.2) is 0 Å². The average molecular weight is 373 g/mol. The Balaban J connectivity index is 3.53.